The second-order valence-corrected chi connectivity index (χ2v) is 3.16. The van der Waals surface area contributed by atoms with Gasteiger partial charge in [0, 0.05) is 12.6 Å². The molecule has 1 aromatic rings. The second-order valence-electron chi connectivity index (χ2n) is 3.16. The van der Waals surface area contributed by atoms with E-state index in [1.54, 1.807) is 26.4 Å². The van der Waals surface area contributed by atoms with E-state index < -0.39 is 0 Å². The van der Waals surface area contributed by atoms with E-state index >= 15 is 0 Å². The third kappa shape index (κ3) is 3.53. The smallest absolute Gasteiger partial charge is 0.210 e. The summed E-state index contributed by atoms with van der Waals surface area (Å²) in [6.45, 7) is 2.54. The summed E-state index contributed by atoms with van der Waals surface area (Å²) in [6, 6.07) is 5.43. The van der Waals surface area contributed by atoms with Gasteiger partial charge < -0.3 is 14.8 Å². The Kier molecular flexibility index (Phi) is 5.09. The molecule has 0 fully saturated rings. The lowest BCUT2D eigenvalue weighted by Crippen LogP contribution is -2.36. The number of anilines is 1. The molecule has 0 bridgehead atoms. The molecule has 1 aromatic carbocycles. The molecular formula is C11H18N4O2. The molecule has 94 valence electrons. The quantitative estimate of drug-likeness (QED) is 0.315. The highest BCUT2D eigenvalue weighted by Gasteiger charge is 2.06. The number of nitrogens with one attached hydrogen (secondary N) is 2. The van der Waals surface area contributed by atoms with E-state index in [4.69, 9.17) is 15.3 Å². The number of methoxy groups -OCH3 is 2. The normalized spacial score (nSPS) is 10.9. The zero-order valence-corrected chi connectivity index (χ0v) is 10.3. The van der Waals surface area contributed by atoms with Crippen molar-refractivity contribution in [1.82, 2.24) is 5.43 Å². The number of rotatable bonds is 4. The fraction of sp³-hybridized carbons (Fsp3) is 0.364. The highest BCUT2D eigenvalue weighted by Crippen LogP contribution is 2.28. The second kappa shape index (κ2) is 6.59. The molecule has 0 saturated heterocycles. The Labute approximate surface area is 101 Å². The number of aliphatic imine (C=N–C) groups is 1. The summed E-state index contributed by atoms with van der Waals surface area (Å²) >= 11 is 0. The van der Waals surface area contributed by atoms with Gasteiger partial charge in [-0.3, -0.25) is 10.4 Å². The number of hydrogen-bond donors (Lipinski definition) is 3. The standard InChI is InChI=1S/C11H18N4O2/c1-4-13-11(15-12)14-9-7-8(16-2)5-6-10(9)17-3/h5-7H,4,12H2,1-3H3,(H2,13,14,15). The lowest BCUT2D eigenvalue weighted by atomic mass is 10.2. The maximum atomic E-state index is 5.35. The van der Waals surface area contributed by atoms with Gasteiger partial charge in [0.2, 0.25) is 5.96 Å². The zero-order valence-electron chi connectivity index (χ0n) is 10.3. The summed E-state index contributed by atoms with van der Waals surface area (Å²) in [5.74, 6) is 7.23. The van der Waals surface area contributed by atoms with Crippen molar-refractivity contribution in [3.63, 3.8) is 0 Å². The van der Waals surface area contributed by atoms with Crippen LogP contribution in [0.25, 0.3) is 0 Å². The number of ether oxygens (including phenoxy) is 2. The molecule has 0 aromatic heterocycles. The van der Waals surface area contributed by atoms with E-state index in [1.807, 2.05) is 13.0 Å². The minimum atomic E-state index is 0.471. The molecule has 6 nitrogen and oxygen atoms in total. The maximum absolute atomic E-state index is 5.35. The van der Waals surface area contributed by atoms with Gasteiger partial charge in [0.05, 0.1) is 19.9 Å². The minimum absolute atomic E-state index is 0.471. The van der Waals surface area contributed by atoms with Crippen LogP contribution in [0.15, 0.2) is 23.2 Å². The molecular weight excluding hydrogens is 220 g/mol. The molecule has 0 spiro atoms. The van der Waals surface area contributed by atoms with Crippen LogP contribution in [0.1, 0.15) is 6.92 Å². The first-order chi connectivity index (χ1) is 8.24. The van der Waals surface area contributed by atoms with E-state index in [-0.39, 0.29) is 0 Å². The summed E-state index contributed by atoms with van der Waals surface area (Å²) in [4.78, 5) is 4.14. The van der Waals surface area contributed by atoms with E-state index in [1.165, 1.54) is 0 Å². The van der Waals surface area contributed by atoms with E-state index in [2.05, 4.69) is 15.7 Å². The summed E-state index contributed by atoms with van der Waals surface area (Å²) in [5, 5.41) is 3.03. The molecule has 0 aliphatic heterocycles. The first-order valence-corrected chi connectivity index (χ1v) is 5.25. The predicted octanol–water partition coefficient (Wildman–Crippen LogP) is 0.955. The molecule has 0 saturated carbocycles. The Bertz CT molecular complexity index is 393. The minimum Gasteiger partial charge on any atom is -0.497 e. The topological polar surface area (TPSA) is 80.9 Å². The molecule has 1 rings (SSSR count). The molecule has 0 amide bonds. The lowest BCUT2D eigenvalue weighted by Gasteiger charge is -2.13. The number of hydrazine groups is 1. The number of guanidine groups is 1. The molecule has 0 unspecified atom stereocenters. The van der Waals surface area contributed by atoms with Crippen molar-refractivity contribution in [2.75, 3.05) is 26.1 Å². The highest BCUT2D eigenvalue weighted by molar-refractivity contribution is 5.94. The van der Waals surface area contributed by atoms with E-state index in [0.29, 0.717) is 18.3 Å². The monoisotopic (exact) mass is 238 g/mol. The number of nitrogens with zero attached hydrogens (tertiary/aromatic N) is 1. The van der Waals surface area contributed by atoms with Crippen LogP contribution in [0.5, 0.6) is 11.5 Å². The van der Waals surface area contributed by atoms with Gasteiger partial charge in [-0.2, -0.15) is 0 Å². The molecule has 6 heteroatoms. The van der Waals surface area contributed by atoms with Crippen molar-refractivity contribution < 1.29 is 9.47 Å². The first kappa shape index (κ1) is 13.1. The van der Waals surface area contributed by atoms with Crippen molar-refractivity contribution in [3.05, 3.63) is 18.2 Å². The van der Waals surface area contributed by atoms with Crippen molar-refractivity contribution in [2.24, 2.45) is 10.8 Å². The average Bonchev–Trinajstić information content (AvgIpc) is 2.38. The molecule has 4 N–H and O–H groups in total. The van der Waals surface area contributed by atoms with Gasteiger partial charge in [-0.05, 0) is 19.1 Å². The fourth-order valence-electron chi connectivity index (χ4n) is 1.32. The summed E-state index contributed by atoms with van der Waals surface area (Å²) in [7, 11) is 3.20. The van der Waals surface area contributed by atoms with Crippen LogP contribution in [0.4, 0.5) is 5.69 Å². The highest BCUT2D eigenvalue weighted by atomic mass is 16.5. The third-order valence-corrected chi connectivity index (χ3v) is 2.11. The average molecular weight is 238 g/mol. The largest absolute Gasteiger partial charge is 0.497 e. The summed E-state index contributed by atoms with van der Waals surface area (Å²) in [5.41, 5.74) is 3.22. The molecule has 17 heavy (non-hydrogen) atoms. The summed E-state index contributed by atoms with van der Waals surface area (Å²) < 4.78 is 10.4. The van der Waals surface area contributed by atoms with Crippen LogP contribution < -0.4 is 26.1 Å². The van der Waals surface area contributed by atoms with Crippen LogP contribution >= 0.6 is 0 Å². The number of nitrogens with two attached hydrogens (primary N) is 1. The van der Waals surface area contributed by atoms with E-state index in [0.717, 1.165) is 11.4 Å². The van der Waals surface area contributed by atoms with Gasteiger partial charge in [0.15, 0.2) is 0 Å². The van der Waals surface area contributed by atoms with Gasteiger partial charge in [0.25, 0.3) is 0 Å². The van der Waals surface area contributed by atoms with Gasteiger partial charge in [0.1, 0.15) is 11.5 Å². The van der Waals surface area contributed by atoms with Crippen LogP contribution in [0, 0.1) is 0 Å². The molecule has 0 radical (unpaired) electrons. The maximum Gasteiger partial charge on any atom is 0.210 e. The molecule has 0 atom stereocenters. The fourth-order valence-corrected chi connectivity index (χ4v) is 1.32. The lowest BCUT2D eigenvalue weighted by molar-refractivity contribution is 0.405. The Morgan fingerprint density at radius 1 is 1.35 bits per heavy atom. The molecule has 0 aliphatic carbocycles. The summed E-state index contributed by atoms with van der Waals surface area (Å²) in [6.07, 6.45) is 0. The van der Waals surface area contributed by atoms with Gasteiger partial charge >= 0.3 is 0 Å². The predicted molar refractivity (Wildman–Crippen MR) is 68.5 cm³/mol. The Morgan fingerprint density at radius 3 is 2.65 bits per heavy atom. The van der Waals surface area contributed by atoms with Crippen molar-refractivity contribution >= 4 is 11.6 Å². The van der Waals surface area contributed by atoms with Gasteiger partial charge in [-0.25, -0.2) is 5.84 Å². The SMILES string of the molecule is CCN=C(NN)Nc1cc(OC)ccc1OC. The van der Waals surface area contributed by atoms with E-state index in [9.17, 15) is 0 Å². The van der Waals surface area contributed by atoms with Gasteiger partial charge in [-0.1, -0.05) is 0 Å². The molecule has 0 heterocycles. The Balaban J connectivity index is 2.97. The Morgan fingerprint density at radius 2 is 2.12 bits per heavy atom. The number of hydrogen-bond acceptors (Lipinski definition) is 4. The number of benzene rings is 1. The van der Waals surface area contributed by atoms with Crippen LogP contribution in [-0.2, 0) is 0 Å². The van der Waals surface area contributed by atoms with Crippen LogP contribution in [0.2, 0.25) is 0 Å². The van der Waals surface area contributed by atoms with Crippen LogP contribution in [0.3, 0.4) is 0 Å². The van der Waals surface area contributed by atoms with Crippen LogP contribution in [-0.4, -0.2) is 26.7 Å². The first-order valence-electron chi connectivity index (χ1n) is 5.25. The van der Waals surface area contributed by atoms with Crippen molar-refractivity contribution in [1.29, 1.82) is 0 Å². The molecule has 0 aliphatic rings. The van der Waals surface area contributed by atoms with Gasteiger partial charge in [-0.15, -0.1) is 0 Å². The Hall–Kier alpha value is -1.95. The van der Waals surface area contributed by atoms with Crippen molar-refractivity contribution in [2.45, 2.75) is 6.92 Å². The third-order valence-electron chi connectivity index (χ3n) is 2.11. The zero-order chi connectivity index (χ0) is 12.7. The van der Waals surface area contributed by atoms with Crippen molar-refractivity contribution in [3.8, 4) is 11.5 Å².